The van der Waals surface area contributed by atoms with Crippen LogP contribution in [-0.4, -0.2) is 62.8 Å². The summed E-state index contributed by atoms with van der Waals surface area (Å²) in [5, 5.41) is 17.1. The van der Waals surface area contributed by atoms with Gasteiger partial charge in [-0.3, -0.25) is 14.4 Å². The van der Waals surface area contributed by atoms with E-state index in [1.165, 1.54) is 4.90 Å². The number of aromatic nitrogens is 1. The molecule has 0 bridgehead atoms. The Labute approximate surface area is 237 Å². The molecule has 1 unspecified atom stereocenters. The van der Waals surface area contributed by atoms with E-state index in [4.69, 9.17) is 0 Å². The summed E-state index contributed by atoms with van der Waals surface area (Å²) >= 11 is 4.98. The highest BCUT2D eigenvalue weighted by Gasteiger charge is 2.44. The molecule has 2 heterocycles. The molecule has 8 nitrogen and oxygen atoms in total. The lowest BCUT2D eigenvalue weighted by Gasteiger charge is -2.35. The third kappa shape index (κ3) is 8.10. The summed E-state index contributed by atoms with van der Waals surface area (Å²) < 4.78 is 0. The maximum Gasteiger partial charge on any atom is 0.246 e. The van der Waals surface area contributed by atoms with Crippen LogP contribution in [0.4, 0.5) is 0 Å². The van der Waals surface area contributed by atoms with Gasteiger partial charge in [-0.1, -0.05) is 67.4 Å². The van der Waals surface area contributed by atoms with Gasteiger partial charge in [0, 0.05) is 31.3 Å². The van der Waals surface area contributed by atoms with E-state index in [1.807, 2.05) is 57.5 Å². The van der Waals surface area contributed by atoms with Crippen LogP contribution in [0.5, 0.6) is 0 Å². The molecule has 3 N–H and O–H groups in total. The molecule has 1 aromatic heterocycles. The van der Waals surface area contributed by atoms with E-state index in [2.05, 4.69) is 31.5 Å². The number of aliphatic hydroxyl groups is 1. The molecule has 0 spiro atoms. The molecule has 1 aliphatic heterocycles. The number of carbonyl (C=O) groups excluding carboxylic acids is 3. The largest absolute Gasteiger partial charge is 0.391 e. The zero-order chi connectivity index (χ0) is 27.9. The average Bonchev–Trinajstić information content (AvgIpc) is 3.48. The van der Waals surface area contributed by atoms with Crippen molar-refractivity contribution in [3.05, 3.63) is 41.0 Å². The molecule has 1 saturated heterocycles. The number of halogens is 1. The van der Waals surface area contributed by atoms with Crippen LogP contribution >= 0.6 is 27.3 Å². The highest BCUT2D eigenvalue weighted by Crippen LogP contribution is 2.28. The number of aliphatic hydroxyl groups excluding tert-OH is 1. The predicted octanol–water partition coefficient (Wildman–Crippen LogP) is 4.18. The van der Waals surface area contributed by atoms with E-state index < -0.39 is 23.6 Å². The van der Waals surface area contributed by atoms with Gasteiger partial charge >= 0.3 is 0 Å². The molecule has 3 amide bonds. The normalized spacial score (nSPS) is 18.3. The zero-order valence-corrected chi connectivity index (χ0v) is 25.0. The van der Waals surface area contributed by atoms with Gasteiger partial charge in [0.1, 0.15) is 12.1 Å². The van der Waals surface area contributed by atoms with Crippen molar-refractivity contribution in [1.82, 2.24) is 20.5 Å². The van der Waals surface area contributed by atoms with Gasteiger partial charge in [0.15, 0.2) is 0 Å². The summed E-state index contributed by atoms with van der Waals surface area (Å²) in [4.78, 5) is 46.2. The average molecular weight is 608 g/mol. The molecular weight excluding hydrogens is 568 g/mol. The fourth-order valence-corrected chi connectivity index (χ4v) is 5.78. The number of β-amino-alcohol motifs (C(OH)–C–C–N with tert-alkyl or cyclic N) is 1. The van der Waals surface area contributed by atoms with Gasteiger partial charge in [-0.2, -0.15) is 0 Å². The number of thiazole rings is 1. The molecule has 1 aromatic carbocycles. The Morgan fingerprint density at radius 1 is 1.18 bits per heavy atom. The lowest BCUT2D eigenvalue weighted by Crippen LogP contribution is -2.57. The standard InChI is InChI=1S/C28H39BrN4O4S/c1-18-24(38-17-31-18)20-11-9-19(10-12-20)15-30-26(36)22-14-21(34)16-33(22)27(37)25(28(2,3)4)32-23(35)8-6-5-7-13-29/h9-12,17,21-22,25,34H,5-8,13-16H2,1-4H3,(H,30,36)(H,32,35)/t21-,22+,25?/m1/s1. The molecule has 0 aliphatic carbocycles. The predicted molar refractivity (Wildman–Crippen MR) is 154 cm³/mol. The third-order valence-corrected chi connectivity index (χ3v) is 8.29. The van der Waals surface area contributed by atoms with Crippen molar-refractivity contribution in [3.63, 3.8) is 0 Å². The minimum Gasteiger partial charge on any atom is -0.391 e. The number of hydrogen-bond donors (Lipinski definition) is 3. The number of carbonyl (C=O) groups is 3. The summed E-state index contributed by atoms with van der Waals surface area (Å²) in [5.74, 6) is -0.830. The lowest BCUT2D eigenvalue weighted by molar-refractivity contribution is -0.144. The SMILES string of the molecule is Cc1ncsc1-c1ccc(CNC(=O)[C@@H]2C[C@@H](O)CN2C(=O)C(NC(=O)CCCCCBr)C(C)(C)C)cc1. The van der Waals surface area contributed by atoms with Crippen LogP contribution in [0, 0.1) is 12.3 Å². The van der Waals surface area contributed by atoms with E-state index in [-0.39, 0.29) is 30.7 Å². The van der Waals surface area contributed by atoms with Gasteiger partial charge in [0.2, 0.25) is 17.7 Å². The molecule has 3 rings (SSSR count). The van der Waals surface area contributed by atoms with Crippen LogP contribution < -0.4 is 10.6 Å². The number of unbranched alkanes of at least 4 members (excludes halogenated alkanes) is 2. The van der Waals surface area contributed by atoms with Gasteiger partial charge in [0.25, 0.3) is 0 Å². The van der Waals surface area contributed by atoms with Crippen molar-refractivity contribution in [3.8, 4) is 10.4 Å². The second kappa shape index (κ2) is 13.7. The molecule has 0 radical (unpaired) electrons. The van der Waals surface area contributed by atoms with Crippen molar-refractivity contribution >= 4 is 45.0 Å². The second-order valence-electron chi connectivity index (χ2n) is 10.9. The van der Waals surface area contributed by atoms with Crippen LogP contribution in [0.25, 0.3) is 10.4 Å². The number of rotatable bonds is 11. The van der Waals surface area contributed by atoms with Gasteiger partial charge < -0.3 is 20.6 Å². The maximum absolute atomic E-state index is 13.6. The van der Waals surface area contributed by atoms with Gasteiger partial charge in [0.05, 0.1) is 22.2 Å². The highest BCUT2D eigenvalue weighted by molar-refractivity contribution is 9.09. The fourth-order valence-electron chi connectivity index (χ4n) is 4.57. The number of likely N-dealkylation sites (tertiary alicyclic amines) is 1. The molecule has 2 aromatic rings. The Kier molecular flexibility index (Phi) is 10.9. The molecule has 10 heteroatoms. The Morgan fingerprint density at radius 3 is 2.50 bits per heavy atom. The van der Waals surface area contributed by atoms with Gasteiger partial charge in [-0.05, 0) is 36.3 Å². The van der Waals surface area contributed by atoms with Crippen LogP contribution in [0.3, 0.4) is 0 Å². The molecule has 1 fully saturated rings. The van der Waals surface area contributed by atoms with Crippen molar-refractivity contribution in [1.29, 1.82) is 0 Å². The van der Waals surface area contributed by atoms with Crippen molar-refractivity contribution in [2.45, 2.75) is 84.5 Å². The first-order valence-electron chi connectivity index (χ1n) is 13.1. The van der Waals surface area contributed by atoms with Crippen LogP contribution in [0.15, 0.2) is 29.8 Å². The van der Waals surface area contributed by atoms with Crippen molar-refractivity contribution in [2.75, 3.05) is 11.9 Å². The first-order valence-corrected chi connectivity index (χ1v) is 15.1. The Hall–Kier alpha value is -2.30. The molecule has 3 atom stereocenters. The first-order chi connectivity index (χ1) is 18.0. The Morgan fingerprint density at radius 2 is 1.89 bits per heavy atom. The fraction of sp³-hybridized carbons (Fsp3) is 0.571. The zero-order valence-electron chi connectivity index (χ0n) is 22.6. The van der Waals surface area contributed by atoms with E-state index in [1.54, 1.807) is 11.3 Å². The van der Waals surface area contributed by atoms with Crippen LogP contribution in [0.2, 0.25) is 0 Å². The number of amides is 3. The summed E-state index contributed by atoms with van der Waals surface area (Å²) in [7, 11) is 0. The van der Waals surface area contributed by atoms with Gasteiger partial charge in [-0.15, -0.1) is 11.3 Å². The maximum atomic E-state index is 13.6. The Balaban J connectivity index is 1.63. The van der Waals surface area contributed by atoms with Crippen molar-refractivity contribution < 1.29 is 19.5 Å². The summed E-state index contributed by atoms with van der Waals surface area (Å²) in [6, 6.07) is 6.35. The smallest absolute Gasteiger partial charge is 0.246 e. The minimum absolute atomic E-state index is 0.0630. The van der Waals surface area contributed by atoms with E-state index >= 15 is 0 Å². The number of nitrogens with zero attached hydrogens (tertiary/aromatic N) is 2. The summed E-state index contributed by atoms with van der Waals surface area (Å²) in [6.45, 7) is 8.01. The summed E-state index contributed by atoms with van der Waals surface area (Å²) in [5.41, 5.74) is 4.26. The molecule has 1 aliphatic rings. The molecule has 38 heavy (non-hydrogen) atoms. The minimum atomic E-state index is -0.797. The van der Waals surface area contributed by atoms with Crippen LogP contribution in [-0.2, 0) is 20.9 Å². The number of aryl methyl sites for hydroxylation is 1. The third-order valence-electron chi connectivity index (χ3n) is 6.75. The first kappa shape index (κ1) is 30.2. The molecule has 208 valence electrons. The topological polar surface area (TPSA) is 112 Å². The second-order valence-corrected chi connectivity index (χ2v) is 12.6. The van der Waals surface area contributed by atoms with E-state index in [9.17, 15) is 19.5 Å². The van der Waals surface area contributed by atoms with Crippen LogP contribution in [0.1, 0.15) is 64.1 Å². The highest BCUT2D eigenvalue weighted by atomic mass is 79.9. The number of hydrogen-bond acceptors (Lipinski definition) is 6. The summed E-state index contributed by atoms with van der Waals surface area (Å²) in [6.07, 6.45) is 2.39. The number of alkyl halides is 1. The molecule has 0 saturated carbocycles. The quantitative estimate of drug-likeness (QED) is 0.262. The Bertz CT molecular complexity index is 1100. The van der Waals surface area contributed by atoms with Crippen molar-refractivity contribution in [2.24, 2.45) is 5.41 Å². The number of nitrogens with one attached hydrogen (secondary N) is 2. The number of benzene rings is 1. The monoisotopic (exact) mass is 606 g/mol. The van der Waals surface area contributed by atoms with Gasteiger partial charge in [-0.25, -0.2) is 4.98 Å². The van der Waals surface area contributed by atoms with E-state index in [0.717, 1.165) is 46.3 Å². The van der Waals surface area contributed by atoms with E-state index in [0.29, 0.717) is 13.0 Å². The lowest BCUT2D eigenvalue weighted by atomic mass is 9.85. The molecular formula is C28H39BrN4O4S.